The number of thioether (sulfide) groups is 1. The molecule has 0 N–H and O–H groups in total. The number of carbonyl (C=O) groups excluding carboxylic acids is 1. The van der Waals surface area contributed by atoms with Gasteiger partial charge in [0.2, 0.25) is 0 Å². The summed E-state index contributed by atoms with van der Waals surface area (Å²) >= 11 is 13.7. The number of carbonyl (C=O) groups is 1. The van der Waals surface area contributed by atoms with E-state index in [-0.39, 0.29) is 11.5 Å². The number of hydrogen-bond donors (Lipinski definition) is 0. The first kappa shape index (κ1) is 21.4. The van der Waals surface area contributed by atoms with Crippen molar-refractivity contribution in [2.45, 2.75) is 5.16 Å². The topological polar surface area (TPSA) is 57.0 Å². The second kappa shape index (κ2) is 9.56. The molecule has 0 saturated heterocycles. The van der Waals surface area contributed by atoms with E-state index in [2.05, 4.69) is 10.2 Å². The lowest BCUT2D eigenvalue weighted by atomic mass is 10.2. The smallest absolute Gasteiger partial charge is 0.196 e. The first-order valence-electron chi connectivity index (χ1n) is 9.33. The number of halogens is 2. The molecule has 0 amide bonds. The van der Waals surface area contributed by atoms with Gasteiger partial charge in [-0.05, 0) is 42.5 Å². The number of aromatic nitrogens is 3. The fourth-order valence-electron chi connectivity index (χ4n) is 2.98. The SMILES string of the molecule is COc1ccc(-c2nnc(SCC(=O)c3ccccc3)n2-c2ccc(Cl)c(Cl)c2)cc1. The number of rotatable bonds is 7. The van der Waals surface area contributed by atoms with Crippen LogP contribution in [0.2, 0.25) is 10.0 Å². The van der Waals surface area contributed by atoms with Gasteiger partial charge in [0, 0.05) is 11.1 Å². The first-order chi connectivity index (χ1) is 15.1. The van der Waals surface area contributed by atoms with Gasteiger partial charge in [0.15, 0.2) is 16.8 Å². The van der Waals surface area contributed by atoms with Crippen molar-refractivity contribution in [3.8, 4) is 22.8 Å². The summed E-state index contributed by atoms with van der Waals surface area (Å²) < 4.78 is 7.11. The normalized spacial score (nSPS) is 10.8. The number of Topliss-reactive ketones (excluding diaryl/α,β-unsaturated/α-hetero) is 1. The molecule has 8 heteroatoms. The average molecular weight is 470 g/mol. The molecular formula is C23H17Cl2N3O2S. The van der Waals surface area contributed by atoms with Gasteiger partial charge in [0.1, 0.15) is 5.75 Å². The summed E-state index contributed by atoms with van der Waals surface area (Å²) in [6.07, 6.45) is 0. The lowest BCUT2D eigenvalue weighted by Gasteiger charge is -2.11. The molecule has 0 bridgehead atoms. The van der Waals surface area contributed by atoms with Crippen LogP contribution in [-0.4, -0.2) is 33.4 Å². The van der Waals surface area contributed by atoms with Crippen LogP contribution in [0.25, 0.3) is 17.1 Å². The lowest BCUT2D eigenvalue weighted by molar-refractivity contribution is 0.102. The summed E-state index contributed by atoms with van der Waals surface area (Å²) in [7, 11) is 1.62. The molecule has 0 fully saturated rings. The Bertz CT molecular complexity index is 1210. The maximum absolute atomic E-state index is 12.6. The molecular weight excluding hydrogens is 453 g/mol. The highest BCUT2D eigenvalue weighted by atomic mass is 35.5. The molecule has 0 atom stereocenters. The van der Waals surface area contributed by atoms with Gasteiger partial charge in [-0.25, -0.2) is 0 Å². The van der Waals surface area contributed by atoms with Crippen LogP contribution in [0.4, 0.5) is 0 Å². The summed E-state index contributed by atoms with van der Waals surface area (Å²) in [6, 6.07) is 22.0. The minimum Gasteiger partial charge on any atom is -0.497 e. The highest BCUT2D eigenvalue weighted by Crippen LogP contribution is 2.32. The quantitative estimate of drug-likeness (QED) is 0.237. The molecule has 1 heterocycles. The van der Waals surface area contributed by atoms with Gasteiger partial charge in [-0.15, -0.1) is 10.2 Å². The fraction of sp³-hybridized carbons (Fsp3) is 0.0870. The molecule has 1 aromatic heterocycles. The molecule has 0 saturated carbocycles. The molecule has 3 aromatic carbocycles. The van der Waals surface area contributed by atoms with Gasteiger partial charge in [-0.3, -0.25) is 9.36 Å². The number of benzene rings is 3. The second-order valence-electron chi connectivity index (χ2n) is 6.55. The minimum atomic E-state index is 0.0142. The molecule has 4 rings (SSSR count). The standard InChI is InChI=1S/C23H17Cl2N3O2S/c1-30-18-10-7-16(8-11-18)22-26-27-23(28(22)17-9-12-19(24)20(25)13-17)31-14-21(29)15-5-3-2-4-6-15/h2-13H,14H2,1H3. The van der Waals surface area contributed by atoms with Crippen molar-refractivity contribution in [2.75, 3.05) is 12.9 Å². The molecule has 0 radical (unpaired) electrons. The van der Waals surface area contributed by atoms with Crippen molar-refractivity contribution < 1.29 is 9.53 Å². The Hall–Kier alpha value is -2.80. The number of hydrogen-bond acceptors (Lipinski definition) is 5. The predicted molar refractivity (Wildman–Crippen MR) is 125 cm³/mol. The Morgan fingerprint density at radius 3 is 2.39 bits per heavy atom. The van der Waals surface area contributed by atoms with Gasteiger partial charge in [0.25, 0.3) is 0 Å². The van der Waals surface area contributed by atoms with E-state index in [0.717, 1.165) is 17.0 Å². The summed E-state index contributed by atoms with van der Waals surface area (Å²) in [6.45, 7) is 0. The van der Waals surface area contributed by atoms with Gasteiger partial charge < -0.3 is 4.74 Å². The van der Waals surface area contributed by atoms with Gasteiger partial charge in [-0.2, -0.15) is 0 Å². The zero-order valence-electron chi connectivity index (χ0n) is 16.5. The monoisotopic (exact) mass is 469 g/mol. The van der Waals surface area contributed by atoms with Crippen LogP contribution in [0.15, 0.2) is 78.0 Å². The number of nitrogens with zero attached hydrogens (tertiary/aromatic N) is 3. The lowest BCUT2D eigenvalue weighted by Crippen LogP contribution is -2.05. The van der Waals surface area contributed by atoms with E-state index in [4.69, 9.17) is 27.9 Å². The van der Waals surface area contributed by atoms with Crippen LogP contribution in [0.5, 0.6) is 5.75 Å². The molecule has 0 unspecified atom stereocenters. The fourth-order valence-corrected chi connectivity index (χ4v) is 4.12. The Labute approximate surface area is 194 Å². The molecule has 0 aliphatic heterocycles. The first-order valence-corrected chi connectivity index (χ1v) is 11.1. The van der Waals surface area contributed by atoms with Crippen LogP contribution >= 0.6 is 35.0 Å². The zero-order chi connectivity index (χ0) is 21.8. The van der Waals surface area contributed by atoms with E-state index >= 15 is 0 Å². The van der Waals surface area contributed by atoms with Crippen LogP contribution in [0.3, 0.4) is 0 Å². The molecule has 31 heavy (non-hydrogen) atoms. The third kappa shape index (κ3) is 4.77. The molecule has 156 valence electrons. The predicted octanol–water partition coefficient (Wildman–Crippen LogP) is 6.22. The molecule has 0 aliphatic carbocycles. The van der Waals surface area contributed by atoms with E-state index in [0.29, 0.717) is 26.6 Å². The van der Waals surface area contributed by atoms with Crippen molar-refractivity contribution in [2.24, 2.45) is 0 Å². The number of ketones is 1. The molecule has 4 aromatic rings. The molecule has 5 nitrogen and oxygen atoms in total. The average Bonchev–Trinajstić information content (AvgIpc) is 3.24. The summed E-state index contributed by atoms with van der Waals surface area (Å²) in [4.78, 5) is 12.6. The van der Waals surface area contributed by atoms with Gasteiger partial charge >= 0.3 is 0 Å². The summed E-state index contributed by atoms with van der Waals surface area (Å²) in [5.74, 6) is 1.61. The third-order valence-corrected chi connectivity index (χ3v) is 6.24. The van der Waals surface area contributed by atoms with Crippen LogP contribution in [-0.2, 0) is 0 Å². The van der Waals surface area contributed by atoms with Crippen LogP contribution in [0, 0.1) is 0 Å². The Morgan fingerprint density at radius 1 is 0.968 bits per heavy atom. The third-order valence-electron chi connectivity index (χ3n) is 4.57. The maximum atomic E-state index is 12.6. The Balaban J connectivity index is 1.71. The maximum Gasteiger partial charge on any atom is 0.196 e. The van der Waals surface area contributed by atoms with Crippen LogP contribution < -0.4 is 4.74 Å². The molecule has 0 spiro atoms. The van der Waals surface area contributed by atoms with E-state index < -0.39 is 0 Å². The van der Waals surface area contributed by atoms with E-state index in [1.54, 1.807) is 31.4 Å². The summed E-state index contributed by atoms with van der Waals surface area (Å²) in [5, 5.41) is 10.2. The van der Waals surface area contributed by atoms with Crippen molar-refractivity contribution >= 4 is 40.7 Å². The summed E-state index contributed by atoms with van der Waals surface area (Å²) in [5.41, 5.74) is 2.26. The highest BCUT2D eigenvalue weighted by molar-refractivity contribution is 7.99. The van der Waals surface area contributed by atoms with E-state index in [1.165, 1.54) is 11.8 Å². The van der Waals surface area contributed by atoms with Crippen molar-refractivity contribution in [1.29, 1.82) is 0 Å². The van der Waals surface area contributed by atoms with Crippen molar-refractivity contribution in [1.82, 2.24) is 14.8 Å². The number of methoxy groups -OCH3 is 1. The number of ether oxygens (including phenoxy) is 1. The van der Waals surface area contributed by atoms with Crippen molar-refractivity contribution in [3.63, 3.8) is 0 Å². The van der Waals surface area contributed by atoms with Crippen LogP contribution in [0.1, 0.15) is 10.4 Å². The van der Waals surface area contributed by atoms with E-state index in [1.807, 2.05) is 53.1 Å². The second-order valence-corrected chi connectivity index (χ2v) is 8.30. The van der Waals surface area contributed by atoms with Crippen molar-refractivity contribution in [3.05, 3.63) is 88.4 Å². The van der Waals surface area contributed by atoms with Gasteiger partial charge in [0.05, 0.1) is 28.6 Å². The Morgan fingerprint density at radius 2 is 1.71 bits per heavy atom. The van der Waals surface area contributed by atoms with E-state index in [9.17, 15) is 4.79 Å². The Kier molecular flexibility index (Phi) is 6.61. The zero-order valence-corrected chi connectivity index (χ0v) is 18.8. The molecule has 0 aliphatic rings. The minimum absolute atomic E-state index is 0.0142. The largest absolute Gasteiger partial charge is 0.497 e. The van der Waals surface area contributed by atoms with Gasteiger partial charge in [-0.1, -0.05) is 65.3 Å². The highest BCUT2D eigenvalue weighted by Gasteiger charge is 2.18.